The molecule has 0 bridgehead atoms. The van der Waals surface area contributed by atoms with Gasteiger partial charge in [-0.1, -0.05) is 24.3 Å². The highest BCUT2D eigenvalue weighted by atomic mass is 16.4. The topological polar surface area (TPSA) is 81.0 Å². The van der Waals surface area contributed by atoms with E-state index in [2.05, 4.69) is 0 Å². The smallest absolute Gasteiger partial charge is 0.423 e. The van der Waals surface area contributed by atoms with Crippen LogP contribution in [0.25, 0.3) is 0 Å². The summed E-state index contributed by atoms with van der Waals surface area (Å²) in [6.45, 7) is 0.137. The maximum absolute atomic E-state index is 10.4. The Bertz CT molecular complexity index is 328. The van der Waals surface area contributed by atoms with Gasteiger partial charge in [-0.2, -0.15) is 0 Å². The highest BCUT2D eigenvalue weighted by Crippen LogP contribution is 1.99. The largest absolute Gasteiger partial charge is 0.488 e. The van der Waals surface area contributed by atoms with Gasteiger partial charge in [-0.05, 0) is 17.4 Å². The number of aliphatic hydroxyl groups is 1. The van der Waals surface area contributed by atoms with Crippen LogP contribution in [0.3, 0.4) is 0 Å². The first-order valence-electron chi connectivity index (χ1n) is 4.92. The second-order valence-electron chi connectivity index (χ2n) is 3.42. The fourth-order valence-corrected chi connectivity index (χ4v) is 1.29. The molecule has 1 rings (SSSR count). The van der Waals surface area contributed by atoms with Crippen LogP contribution in [0, 0.1) is 0 Å². The SMILES string of the molecule is O=CN(CO)CCc1ccc(B(O)O)cc1. The number of nitrogens with zero attached hydrogens (tertiary/aromatic N) is 1. The number of amides is 1. The highest BCUT2D eigenvalue weighted by molar-refractivity contribution is 6.58. The second kappa shape index (κ2) is 6.27. The molecule has 5 nitrogen and oxygen atoms in total. The van der Waals surface area contributed by atoms with Gasteiger partial charge in [-0.15, -0.1) is 0 Å². The Morgan fingerprint density at radius 2 is 1.88 bits per heavy atom. The number of benzene rings is 1. The van der Waals surface area contributed by atoms with E-state index in [-0.39, 0.29) is 6.73 Å². The molecule has 86 valence electrons. The molecule has 0 aromatic heterocycles. The summed E-state index contributed by atoms with van der Waals surface area (Å²) < 4.78 is 0. The molecule has 0 aliphatic heterocycles. The second-order valence-corrected chi connectivity index (χ2v) is 3.42. The van der Waals surface area contributed by atoms with Crippen molar-refractivity contribution in [2.75, 3.05) is 13.3 Å². The van der Waals surface area contributed by atoms with Crippen LogP contribution in [0.2, 0.25) is 0 Å². The van der Waals surface area contributed by atoms with E-state index in [1.165, 1.54) is 4.90 Å². The van der Waals surface area contributed by atoms with Crippen LogP contribution >= 0.6 is 0 Å². The molecule has 1 aromatic carbocycles. The molecule has 3 N–H and O–H groups in total. The summed E-state index contributed by atoms with van der Waals surface area (Å²) in [5.41, 5.74) is 1.39. The molecule has 0 spiro atoms. The molecule has 0 heterocycles. The van der Waals surface area contributed by atoms with Gasteiger partial charge in [-0.3, -0.25) is 4.79 Å². The van der Waals surface area contributed by atoms with Crippen molar-refractivity contribution in [3.05, 3.63) is 29.8 Å². The number of carbonyl (C=O) groups excluding carboxylic acids is 1. The maximum Gasteiger partial charge on any atom is 0.488 e. The number of rotatable bonds is 6. The van der Waals surface area contributed by atoms with Gasteiger partial charge in [0.05, 0.1) is 0 Å². The minimum atomic E-state index is -1.46. The zero-order valence-electron chi connectivity index (χ0n) is 8.78. The van der Waals surface area contributed by atoms with Crippen molar-refractivity contribution >= 4 is 19.0 Å². The third-order valence-electron chi connectivity index (χ3n) is 2.30. The van der Waals surface area contributed by atoms with Crippen molar-refractivity contribution in [3.63, 3.8) is 0 Å². The lowest BCUT2D eigenvalue weighted by Gasteiger charge is -2.13. The van der Waals surface area contributed by atoms with Gasteiger partial charge in [0.15, 0.2) is 0 Å². The zero-order chi connectivity index (χ0) is 12.0. The van der Waals surface area contributed by atoms with E-state index < -0.39 is 7.12 Å². The molecular formula is C10H14BNO4. The molecule has 1 amide bonds. The Morgan fingerprint density at radius 3 is 2.31 bits per heavy atom. The van der Waals surface area contributed by atoms with E-state index in [1.54, 1.807) is 24.3 Å². The third kappa shape index (κ3) is 3.65. The summed E-state index contributed by atoms with van der Waals surface area (Å²) in [5, 5.41) is 26.5. The molecule has 0 aliphatic rings. The Kier molecular flexibility index (Phi) is 4.98. The predicted molar refractivity (Wildman–Crippen MR) is 59.8 cm³/mol. The van der Waals surface area contributed by atoms with Crippen LogP contribution in [0.4, 0.5) is 0 Å². The third-order valence-corrected chi connectivity index (χ3v) is 2.30. The summed E-state index contributed by atoms with van der Waals surface area (Å²) in [6, 6.07) is 6.75. The first-order valence-corrected chi connectivity index (χ1v) is 4.92. The van der Waals surface area contributed by atoms with Crippen LogP contribution in [-0.2, 0) is 11.2 Å². The van der Waals surface area contributed by atoms with Gasteiger partial charge in [0, 0.05) is 6.54 Å². The Hall–Kier alpha value is -1.37. The lowest BCUT2D eigenvalue weighted by molar-refractivity contribution is -0.121. The quantitative estimate of drug-likeness (QED) is 0.305. The highest BCUT2D eigenvalue weighted by Gasteiger charge is 2.09. The predicted octanol–water partition coefficient (Wildman–Crippen LogP) is -1.68. The molecule has 0 radical (unpaired) electrons. The van der Waals surface area contributed by atoms with Crippen molar-refractivity contribution in [2.45, 2.75) is 6.42 Å². The molecule has 0 saturated heterocycles. The standard InChI is InChI=1S/C10H14BNO4/c13-7-12(8-14)6-5-9-1-3-10(4-2-9)11(15)16/h1-4,7,14-16H,5-6,8H2. The van der Waals surface area contributed by atoms with Gasteiger partial charge in [0.25, 0.3) is 0 Å². The molecule has 0 saturated carbocycles. The molecule has 1 aromatic rings. The van der Waals surface area contributed by atoms with E-state index in [9.17, 15) is 4.79 Å². The Morgan fingerprint density at radius 1 is 1.25 bits per heavy atom. The van der Waals surface area contributed by atoms with Crippen LogP contribution in [0.15, 0.2) is 24.3 Å². The average Bonchev–Trinajstić information content (AvgIpc) is 2.31. The minimum absolute atomic E-state index is 0.295. The Labute approximate surface area is 94.1 Å². The normalized spacial score (nSPS) is 9.94. The van der Waals surface area contributed by atoms with Gasteiger partial charge in [-0.25, -0.2) is 0 Å². The monoisotopic (exact) mass is 223 g/mol. The van der Waals surface area contributed by atoms with E-state index in [0.29, 0.717) is 24.8 Å². The lowest BCUT2D eigenvalue weighted by atomic mass is 9.80. The van der Waals surface area contributed by atoms with Crippen molar-refractivity contribution in [1.82, 2.24) is 4.90 Å². The zero-order valence-corrected chi connectivity index (χ0v) is 8.78. The van der Waals surface area contributed by atoms with Crippen molar-refractivity contribution in [1.29, 1.82) is 0 Å². The fraction of sp³-hybridized carbons (Fsp3) is 0.300. The molecule has 0 fully saturated rings. The first-order chi connectivity index (χ1) is 7.67. The molecule has 0 unspecified atom stereocenters. The molecule has 6 heteroatoms. The summed E-state index contributed by atoms with van der Waals surface area (Å²) in [7, 11) is -1.46. The fourth-order valence-electron chi connectivity index (χ4n) is 1.29. The van der Waals surface area contributed by atoms with E-state index in [4.69, 9.17) is 15.2 Å². The molecule has 0 atom stereocenters. The van der Waals surface area contributed by atoms with E-state index in [0.717, 1.165) is 5.56 Å². The maximum atomic E-state index is 10.4. The number of hydrogen-bond acceptors (Lipinski definition) is 4. The molecule has 16 heavy (non-hydrogen) atoms. The Balaban J connectivity index is 2.52. The van der Waals surface area contributed by atoms with Crippen molar-refractivity contribution in [2.24, 2.45) is 0 Å². The number of aliphatic hydroxyl groups excluding tert-OH is 1. The van der Waals surface area contributed by atoms with Crippen LogP contribution in [0.1, 0.15) is 5.56 Å². The van der Waals surface area contributed by atoms with E-state index in [1.807, 2.05) is 0 Å². The molecule has 0 aliphatic carbocycles. The lowest BCUT2D eigenvalue weighted by Crippen LogP contribution is -2.29. The minimum Gasteiger partial charge on any atom is -0.423 e. The van der Waals surface area contributed by atoms with Gasteiger partial charge in [0.1, 0.15) is 6.73 Å². The van der Waals surface area contributed by atoms with Gasteiger partial charge < -0.3 is 20.1 Å². The van der Waals surface area contributed by atoms with Gasteiger partial charge in [0.2, 0.25) is 6.41 Å². The van der Waals surface area contributed by atoms with Gasteiger partial charge >= 0.3 is 7.12 Å². The van der Waals surface area contributed by atoms with Crippen LogP contribution in [-0.4, -0.2) is 46.9 Å². The summed E-state index contributed by atoms with van der Waals surface area (Å²) in [5.74, 6) is 0. The summed E-state index contributed by atoms with van der Waals surface area (Å²) in [6.07, 6.45) is 1.20. The van der Waals surface area contributed by atoms with Crippen molar-refractivity contribution in [3.8, 4) is 0 Å². The van der Waals surface area contributed by atoms with Crippen LogP contribution in [0.5, 0.6) is 0 Å². The summed E-state index contributed by atoms with van der Waals surface area (Å²) in [4.78, 5) is 11.6. The van der Waals surface area contributed by atoms with Crippen LogP contribution < -0.4 is 5.46 Å². The first kappa shape index (κ1) is 12.7. The number of hydrogen-bond donors (Lipinski definition) is 3. The molecular weight excluding hydrogens is 209 g/mol. The van der Waals surface area contributed by atoms with E-state index >= 15 is 0 Å². The summed E-state index contributed by atoms with van der Waals surface area (Å²) >= 11 is 0. The number of carbonyl (C=O) groups is 1. The van der Waals surface area contributed by atoms with Crippen molar-refractivity contribution < 1.29 is 19.9 Å². The average molecular weight is 223 g/mol.